The van der Waals surface area contributed by atoms with E-state index in [-0.39, 0.29) is 13.5 Å². The third-order valence-corrected chi connectivity index (χ3v) is 3.49. The van der Waals surface area contributed by atoms with E-state index in [9.17, 15) is 24.9 Å². The summed E-state index contributed by atoms with van der Waals surface area (Å²) in [6.07, 6.45) is -6.65. The Hall–Kier alpha value is -1.30. The van der Waals surface area contributed by atoms with Crippen molar-refractivity contribution in [1.29, 1.82) is 0 Å². The highest BCUT2D eigenvalue weighted by Crippen LogP contribution is 2.31. The molecule has 0 saturated carbocycles. The van der Waals surface area contributed by atoms with Crippen LogP contribution in [-0.4, -0.2) is 86.9 Å². The lowest BCUT2D eigenvalue weighted by atomic mass is 9.88. The zero-order chi connectivity index (χ0) is 18.5. The Balaban J connectivity index is 3.17. The lowest BCUT2D eigenvalue weighted by molar-refractivity contribution is -0.298. The number of aliphatic hydroxyl groups excluding tert-OH is 3. The van der Waals surface area contributed by atoms with Crippen molar-refractivity contribution < 1.29 is 46.0 Å². The number of carbonyl (C=O) groups excluding carboxylic acids is 1. The largest absolute Gasteiger partial charge is 0.477 e. The van der Waals surface area contributed by atoms with Gasteiger partial charge in [0, 0.05) is 21.3 Å². The molecular weight excluding hydrogens is 314 g/mol. The molecule has 0 aromatic carbocycles. The first-order valence-corrected chi connectivity index (χ1v) is 6.94. The molecule has 10 heteroatoms. The fraction of sp³-hybridized carbons (Fsp3) is 0.846. The van der Waals surface area contributed by atoms with Crippen LogP contribution in [0.2, 0.25) is 0 Å². The Morgan fingerprint density at radius 2 is 2.22 bits per heavy atom. The van der Waals surface area contributed by atoms with Crippen molar-refractivity contribution in [2.45, 2.75) is 56.5 Å². The predicted molar refractivity (Wildman–Crippen MR) is 74.2 cm³/mol. The summed E-state index contributed by atoms with van der Waals surface area (Å²) in [6, 6.07) is -1.20. The average molecular weight is 338 g/mol. The van der Waals surface area contributed by atoms with Crippen LogP contribution in [0.4, 0.5) is 0 Å². The first-order valence-electron chi connectivity index (χ1n) is 7.65. The van der Waals surface area contributed by atoms with Crippen LogP contribution in [0.5, 0.6) is 0 Å². The number of aliphatic hydroxyl groups is 4. The summed E-state index contributed by atoms with van der Waals surface area (Å²) in [5.41, 5.74) is 0. The van der Waals surface area contributed by atoms with Gasteiger partial charge < -0.3 is 40.3 Å². The molecule has 10 nitrogen and oxygen atoms in total. The van der Waals surface area contributed by atoms with E-state index in [2.05, 4.69) is 5.32 Å². The van der Waals surface area contributed by atoms with Gasteiger partial charge in [0.1, 0.15) is 18.3 Å². The molecule has 23 heavy (non-hydrogen) atoms. The molecule has 1 fully saturated rings. The van der Waals surface area contributed by atoms with Crippen LogP contribution < -0.4 is 5.32 Å². The summed E-state index contributed by atoms with van der Waals surface area (Å²) in [6.45, 7) is -0.00523. The SMILES string of the molecule is [2H]CCO[C@@H]([C@@H]1OC(O)(C(=O)O)C[C@H](O)[C@H]1NC(C)=O)[C@H](O)CO. The van der Waals surface area contributed by atoms with E-state index >= 15 is 0 Å². The first kappa shape index (κ1) is 18.0. The highest BCUT2D eigenvalue weighted by atomic mass is 16.7. The molecule has 6 N–H and O–H groups in total. The van der Waals surface area contributed by atoms with Gasteiger partial charge in [-0.15, -0.1) is 0 Å². The van der Waals surface area contributed by atoms with Crippen molar-refractivity contribution >= 4 is 11.9 Å². The maximum atomic E-state index is 11.3. The van der Waals surface area contributed by atoms with Crippen LogP contribution in [0.3, 0.4) is 0 Å². The molecule has 134 valence electrons. The summed E-state index contributed by atoms with van der Waals surface area (Å²) >= 11 is 0. The van der Waals surface area contributed by atoms with Crippen molar-refractivity contribution in [3.8, 4) is 0 Å². The van der Waals surface area contributed by atoms with Crippen LogP contribution in [0.25, 0.3) is 0 Å². The number of carboxylic acids is 1. The Labute approximate surface area is 134 Å². The summed E-state index contributed by atoms with van der Waals surface area (Å²) in [5.74, 6) is -5.08. The second kappa shape index (κ2) is 7.99. The van der Waals surface area contributed by atoms with Gasteiger partial charge in [-0.05, 0) is 6.90 Å². The minimum atomic E-state index is -2.75. The molecule has 0 bridgehead atoms. The van der Waals surface area contributed by atoms with Crippen LogP contribution in [0.15, 0.2) is 0 Å². The molecule has 1 heterocycles. The zero-order valence-electron chi connectivity index (χ0n) is 13.6. The minimum absolute atomic E-state index is 0.185. The van der Waals surface area contributed by atoms with E-state index in [0.29, 0.717) is 0 Å². The van der Waals surface area contributed by atoms with Gasteiger partial charge in [0.15, 0.2) is 0 Å². The molecule has 0 aromatic heterocycles. The Morgan fingerprint density at radius 3 is 2.70 bits per heavy atom. The number of nitrogens with one attached hydrogen (secondary N) is 1. The maximum Gasteiger partial charge on any atom is 0.364 e. The lowest BCUT2D eigenvalue weighted by Gasteiger charge is -2.45. The number of amides is 1. The monoisotopic (exact) mass is 338 g/mol. The van der Waals surface area contributed by atoms with E-state index in [1.807, 2.05) is 0 Å². The molecule has 0 radical (unpaired) electrons. The van der Waals surface area contributed by atoms with E-state index in [1.54, 1.807) is 0 Å². The van der Waals surface area contributed by atoms with Crippen LogP contribution in [0, 0.1) is 0 Å². The second-order valence-corrected chi connectivity index (χ2v) is 5.26. The van der Waals surface area contributed by atoms with Crippen molar-refractivity contribution in [2.24, 2.45) is 0 Å². The number of carboxylic acid groups (broad SMARTS) is 1. The van der Waals surface area contributed by atoms with Gasteiger partial charge in [-0.3, -0.25) is 4.79 Å². The van der Waals surface area contributed by atoms with E-state index < -0.39 is 61.1 Å². The van der Waals surface area contributed by atoms with E-state index in [1.165, 1.54) is 0 Å². The number of aliphatic carboxylic acids is 1. The van der Waals surface area contributed by atoms with Gasteiger partial charge >= 0.3 is 5.97 Å². The lowest BCUT2D eigenvalue weighted by Crippen LogP contribution is -2.67. The number of carbonyl (C=O) groups is 2. The second-order valence-electron chi connectivity index (χ2n) is 5.26. The molecule has 1 unspecified atom stereocenters. The summed E-state index contributed by atoms with van der Waals surface area (Å²) in [5, 5.41) is 50.7. The normalized spacial score (nSPS) is 34.3. The van der Waals surface area contributed by atoms with Crippen molar-refractivity contribution in [2.75, 3.05) is 13.2 Å². The number of ether oxygens (including phenoxy) is 2. The molecule has 0 spiro atoms. The van der Waals surface area contributed by atoms with Gasteiger partial charge in [-0.1, -0.05) is 0 Å². The van der Waals surface area contributed by atoms with Gasteiger partial charge in [-0.25, -0.2) is 4.79 Å². The molecule has 0 aromatic rings. The molecule has 1 aliphatic heterocycles. The van der Waals surface area contributed by atoms with Crippen molar-refractivity contribution in [1.82, 2.24) is 5.32 Å². The first-order chi connectivity index (χ1) is 11.2. The quantitative estimate of drug-likeness (QED) is 0.287. The van der Waals surface area contributed by atoms with Gasteiger partial charge in [0.25, 0.3) is 5.79 Å². The molecule has 1 amide bonds. The van der Waals surface area contributed by atoms with Crippen LogP contribution >= 0.6 is 0 Å². The fourth-order valence-corrected chi connectivity index (χ4v) is 2.46. The third-order valence-electron chi connectivity index (χ3n) is 3.49. The average Bonchev–Trinajstić information content (AvgIpc) is 2.50. The van der Waals surface area contributed by atoms with Gasteiger partial charge in [-0.2, -0.15) is 0 Å². The standard InChI is InChI=1S/C13H23NO9/c1-3-22-10(8(18)5-15)11-9(14-6(2)16)7(17)4-13(21,23-11)12(19)20/h7-11,15,17-18,21H,3-5H2,1-2H3,(H,14,16)(H,19,20)/t7-,8+,9+,10+,11+,13?/m0/s1/i1D. The predicted octanol–water partition coefficient (Wildman–Crippen LogP) is -2.83. The Morgan fingerprint density at radius 1 is 1.57 bits per heavy atom. The highest BCUT2D eigenvalue weighted by Gasteiger charge is 2.54. The van der Waals surface area contributed by atoms with Crippen molar-refractivity contribution in [3.05, 3.63) is 0 Å². The number of rotatable bonds is 7. The maximum absolute atomic E-state index is 11.3. The Bertz CT molecular complexity index is 451. The third kappa shape index (κ3) is 4.59. The van der Waals surface area contributed by atoms with Gasteiger partial charge in [0.05, 0.1) is 18.8 Å². The molecule has 1 saturated heterocycles. The molecular formula is C13H23NO9. The van der Waals surface area contributed by atoms with Crippen molar-refractivity contribution in [3.63, 3.8) is 0 Å². The van der Waals surface area contributed by atoms with E-state index in [4.69, 9.17) is 21.1 Å². The smallest absolute Gasteiger partial charge is 0.364 e. The zero-order valence-corrected chi connectivity index (χ0v) is 12.6. The summed E-state index contributed by atoms with van der Waals surface area (Å²) < 4.78 is 17.4. The topological polar surface area (TPSA) is 166 Å². The molecule has 1 aliphatic rings. The number of hydrogen-bond acceptors (Lipinski definition) is 8. The Kier molecular flexibility index (Phi) is 6.27. The molecule has 0 aliphatic carbocycles. The van der Waals surface area contributed by atoms with E-state index in [0.717, 1.165) is 6.92 Å². The molecule has 6 atom stereocenters. The summed E-state index contributed by atoms with van der Waals surface area (Å²) in [4.78, 5) is 22.6. The van der Waals surface area contributed by atoms with Crippen LogP contribution in [-0.2, 0) is 19.1 Å². The number of hydrogen-bond donors (Lipinski definition) is 6. The van der Waals surface area contributed by atoms with Gasteiger partial charge in [0.2, 0.25) is 5.91 Å². The van der Waals surface area contributed by atoms with Crippen LogP contribution in [0.1, 0.15) is 21.6 Å². The molecule has 1 rings (SSSR count). The summed E-state index contributed by atoms with van der Waals surface area (Å²) in [7, 11) is 0. The minimum Gasteiger partial charge on any atom is -0.477 e. The highest BCUT2D eigenvalue weighted by molar-refractivity contribution is 5.76. The fourth-order valence-electron chi connectivity index (χ4n) is 2.46.